The first kappa shape index (κ1) is 14.7. The monoisotopic (exact) mass is 321 g/mol. The van der Waals surface area contributed by atoms with Crippen molar-refractivity contribution in [2.45, 2.75) is 13.8 Å². The molecule has 1 aliphatic heterocycles. The van der Waals surface area contributed by atoms with E-state index in [-0.39, 0.29) is 17.3 Å². The van der Waals surface area contributed by atoms with Gasteiger partial charge in [0.2, 0.25) is 5.95 Å². The molecule has 122 valence electrons. The number of amides is 1. The highest BCUT2D eigenvalue weighted by molar-refractivity contribution is 5.95. The predicted octanol–water partition coefficient (Wildman–Crippen LogP) is 2.46. The fourth-order valence-electron chi connectivity index (χ4n) is 3.24. The van der Waals surface area contributed by atoms with Crippen molar-refractivity contribution in [1.82, 2.24) is 19.5 Å². The van der Waals surface area contributed by atoms with Crippen LogP contribution in [-0.2, 0) is 0 Å². The van der Waals surface area contributed by atoms with Gasteiger partial charge in [-0.05, 0) is 29.7 Å². The van der Waals surface area contributed by atoms with Crippen molar-refractivity contribution >= 4 is 17.5 Å². The molecule has 6 heteroatoms. The molecule has 1 aromatic carbocycles. The number of pyridine rings is 1. The molecule has 3 aromatic rings. The largest absolute Gasteiger partial charge is 0.366 e. The summed E-state index contributed by atoms with van der Waals surface area (Å²) in [5.74, 6) is 0.332. The van der Waals surface area contributed by atoms with Gasteiger partial charge in [-0.15, -0.1) is 5.10 Å². The number of likely N-dealkylation sites (tertiary alicyclic amines) is 1. The number of hydrogen-bond donors (Lipinski definition) is 1. The first-order valence-electron chi connectivity index (χ1n) is 7.94. The molecule has 1 saturated heterocycles. The van der Waals surface area contributed by atoms with Gasteiger partial charge in [-0.25, -0.2) is 4.52 Å². The molecule has 24 heavy (non-hydrogen) atoms. The highest BCUT2D eigenvalue weighted by atomic mass is 16.2. The molecule has 3 heterocycles. The fourth-order valence-corrected chi connectivity index (χ4v) is 3.24. The van der Waals surface area contributed by atoms with E-state index in [1.54, 1.807) is 4.52 Å². The van der Waals surface area contributed by atoms with Crippen molar-refractivity contribution in [2.24, 2.45) is 5.41 Å². The van der Waals surface area contributed by atoms with Gasteiger partial charge in [-0.1, -0.05) is 32.0 Å². The number of hydrogen-bond acceptors (Lipinski definition) is 4. The van der Waals surface area contributed by atoms with E-state index < -0.39 is 0 Å². The molecule has 6 nitrogen and oxygen atoms in total. The van der Waals surface area contributed by atoms with Crippen LogP contribution in [0.1, 0.15) is 24.2 Å². The molecule has 0 bridgehead atoms. The van der Waals surface area contributed by atoms with Gasteiger partial charge in [-0.2, -0.15) is 4.98 Å². The third kappa shape index (κ3) is 2.40. The zero-order chi connectivity index (χ0) is 16.9. The Morgan fingerprint density at radius 1 is 1.12 bits per heavy atom. The van der Waals surface area contributed by atoms with Crippen molar-refractivity contribution in [3.8, 4) is 11.3 Å². The van der Waals surface area contributed by atoms with Gasteiger partial charge >= 0.3 is 0 Å². The summed E-state index contributed by atoms with van der Waals surface area (Å²) in [5, 5.41) is 4.22. The average molecular weight is 321 g/mol. The summed E-state index contributed by atoms with van der Waals surface area (Å²) < 4.78 is 1.71. The van der Waals surface area contributed by atoms with Crippen molar-refractivity contribution in [3.63, 3.8) is 0 Å². The minimum atomic E-state index is 0.0871. The second kappa shape index (κ2) is 5.06. The van der Waals surface area contributed by atoms with E-state index in [0.29, 0.717) is 11.2 Å². The topological polar surface area (TPSA) is 76.5 Å². The van der Waals surface area contributed by atoms with Crippen LogP contribution < -0.4 is 5.73 Å². The van der Waals surface area contributed by atoms with Crippen LogP contribution in [0.2, 0.25) is 0 Å². The number of fused-ring (bicyclic) bond motifs is 1. The average Bonchev–Trinajstić information content (AvgIpc) is 2.92. The van der Waals surface area contributed by atoms with E-state index in [4.69, 9.17) is 5.73 Å². The number of carbonyl (C=O) groups is 1. The Balaban J connectivity index is 1.63. The number of nitrogens with zero attached hydrogens (tertiary/aromatic N) is 4. The lowest BCUT2D eigenvalue weighted by Crippen LogP contribution is -2.55. The van der Waals surface area contributed by atoms with Crippen LogP contribution >= 0.6 is 0 Å². The normalized spacial score (nSPS) is 16.2. The number of nitrogens with two attached hydrogens (primary N) is 1. The number of anilines is 1. The molecule has 0 radical (unpaired) electrons. The Bertz CT molecular complexity index is 918. The molecule has 1 fully saturated rings. The first-order valence-corrected chi connectivity index (χ1v) is 7.94. The molecule has 1 amide bonds. The maximum Gasteiger partial charge on any atom is 0.253 e. The quantitative estimate of drug-likeness (QED) is 0.786. The summed E-state index contributed by atoms with van der Waals surface area (Å²) in [6.07, 6.45) is 0. The van der Waals surface area contributed by atoms with Gasteiger partial charge in [-0.3, -0.25) is 4.79 Å². The Morgan fingerprint density at radius 3 is 2.50 bits per heavy atom. The van der Waals surface area contributed by atoms with Crippen molar-refractivity contribution in [3.05, 3.63) is 48.0 Å². The van der Waals surface area contributed by atoms with E-state index in [2.05, 4.69) is 23.9 Å². The second-order valence-corrected chi connectivity index (χ2v) is 7.05. The summed E-state index contributed by atoms with van der Waals surface area (Å²) in [7, 11) is 0. The van der Waals surface area contributed by atoms with Crippen LogP contribution in [-0.4, -0.2) is 38.5 Å². The lowest BCUT2D eigenvalue weighted by atomic mass is 9.84. The van der Waals surface area contributed by atoms with Gasteiger partial charge in [0.05, 0.1) is 5.69 Å². The molecule has 0 unspecified atom stereocenters. The summed E-state index contributed by atoms with van der Waals surface area (Å²) in [5.41, 5.74) is 9.18. The summed E-state index contributed by atoms with van der Waals surface area (Å²) in [6, 6.07) is 13.3. The summed E-state index contributed by atoms with van der Waals surface area (Å²) in [4.78, 5) is 18.5. The first-order chi connectivity index (χ1) is 11.4. The Hall–Kier alpha value is -2.89. The van der Waals surface area contributed by atoms with E-state index >= 15 is 0 Å². The van der Waals surface area contributed by atoms with Crippen LogP contribution in [0.4, 0.5) is 5.95 Å². The standard InChI is InChI=1S/C18H19N5O/c1-18(2)10-22(11-18)16(24)13-8-6-12(7-9-13)14-4-3-5-15-20-17(19)21-23(14)15/h3-9H,10-11H2,1-2H3,(H2,19,21). The number of benzene rings is 1. The van der Waals surface area contributed by atoms with Gasteiger partial charge < -0.3 is 10.6 Å². The van der Waals surface area contributed by atoms with E-state index in [1.165, 1.54) is 0 Å². The van der Waals surface area contributed by atoms with E-state index in [1.807, 2.05) is 47.4 Å². The summed E-state index contributed by atoms with van der Waals surface area (Å²) in [6.45, 7) is 5.96. The Kier molecular flexibility index (Phi) is 3.09. The molecule has 1 aliphatic rings. The van der Waals surface area contributed by atoms with Crippen LogP contribution in [0.5, 0.6) is 0 Å². The third-order valence-electron chi connectivity index (χ3n) is 4.33. The molecule has 2 N–H and O–H groups in total. The zero-order valence-electron chi connectivity index (χ0n) is 13.7. The minimum absolute atomic E-state index is 0.0871. The second-order valence-electron chi connectivity index (χ2n) is 7.05. The smallest absolute Gasteiger partial charge is 0.253 e. The van der Waals surface area contributed by atoms with Gasteiger partial charge in [0.15, 0.2) is 5.65 Å². The SMILES string of the molecule is CC1(C)CN(C(=O)c2ccc(-c3cccc4nc(N)nn34)cc2)C1. The van der Waals surface area contributed by atoms with E-state index in [0.717, 1.165) is 24.3 Å². The van der Waals surface area contributed by atoms with Gasteiger partial charge in [0.25, 0.3) is 5.91 Å². The summed E-state index contributed by atoms with van der Waals surface area (Å²) >= 11 is 0. The Morgan fingerprint density at radius 2 is 1.83 bits per heavy atom. The maximum atomic E-state index is 12.5. The minimum Gasteiger partial charge on any atom is -0.366 e. The lowest BCUT2D eigenvalue weighted by Gasteiger charge is -2.45. The van der Waals surface area contributed by atoms with Gasteiger partial charge in [0.1, 0.15) is 0 Å². The Labute approximate surface area is 139 Å². The third-order valence-corrected chi connectivity index (χ3v) is 4.33. The highest BCUT2D eigenvalue weighted by Gasteiger charge is 2.37. The molecule has 0 aliphatic carbocycles. The van der Waals surface area contributed by atoms with Crippen LogP contribution in [0.3, 0.4) is 0 Å². The van der Waals surface area contributed by atoms with Crippen LogP contribution in [0.25, 0.3) is 16.9 Å². The molecule has 0 spiro atoms. The lowest BCUT2D eigenvalue weighted by molar-refractivity contribution is 0.0236. The number of carbonyl (C=O) groups excluding carboxylic acids is 1. The highest BCUT2D eigenvalue weighted by Crippen LogP contribution is 2.30. The molecular weight excluding hydrogens is 302 g/mol. The number of nitrogen functional groups attached to an aromatic ring is 1. The molecule has 0 saturated carbocycles. The number of rotatable bonds is 2. The van der Waals surface area contributed by atoms with Crippen molar-refractivity contribution < 1.29 is 4.79 Å². The molecule has 0 atom stereocenters. The van der Waals surface area contributed by atoms with Gasteiger partial charge in [0, 0.05) is 24.2 Å². The molecule has 4 rings (SSSR count). The number of aromatic nitrogens is 3. The van der Waals surface area contributed by atoms with Crippen LogP contribution in [0.15, 0.2) is 42.5 Å². The van der Waals surface area contributed by atoms with Crippen molar-refractivity contribution in [1.29, 1.82) is 0 Å². The zero-order valence-corrected chi connectivity index (χ0v) is 13.7. The maximum absolute atomic E-state index is 12.5. The predicted molar refractivity (Wildman–Crippen MR) is 92.5 cm³/mol. The van der Waals surface area contributed by atoms with Crippen molar-refractivity contribution in [2.75, 3.05) is 18.8 Å². The van der Waals surface area contributed by atoms with E-state index in [9.17, 15) is 4.79 Å². The molecule has 2 aromatic heterocycles. The fraction of sp³-hybridized carbons (Fsp3) is 0.278. The van der Waals surface area contributed by atoms with Crippen LogP contribution in [0, 0.1) is 5.41 Å². The molecular formula is C18H19N5O.